The number of aromatic nitrogens is 2. The Kier molecular flexibility index (Phi) is 3.86. The lowest BCUT2D eigenvalue weighted by atomic mass is 10.4. The largest absolute Gasteiger partial charge is 0.353 e. The summed E-state index contributed by atoms with van der Waals surface area (Å²) >= 11 is 0. The third kappa shape index (κ3) is 2.89. The van der Waals surface area contributed by atoms with Crippen LogP contribution in [0.15, 0.2) is 30.6 Å². The first-order valence-electron chi connectivity index (χ1n) is 7.26. The van der Waals surface area contributed by atoms with Crippen molar-refractivity contribution in [2.45, 2.75) is 13.3 Å². The number of anilines is 1. The van der Waals surface area contributed by atoms with Crippen LogP contribution in [0.25, 0.3) is 5.65 Å². The molecule has 0 aromatic carbocycles. The molecule has 3 rings (SSSR count). The first kappa shape index (κ1) is 14.3. The second-order valence-corrected chi connectivity index (χ2v) is 7.36. The highest BCUT2D eigenvalue weighted by Crippen LogP contribution is 2.18. The van der Waals surface area contributed by atoms with Gasteiger partial charge in [0.15, 0.2) is 0 Å². The minimum absolute atomic E-state index is 0.237. The maximum Gasteiger partial charge on any atom is 0.214 e. The maximum absolute atomic E-state index is 12.1. The van der Waals surface area contributed by atoms with Gasteiger partial charge in [-0.25, -0.2) is 13.4 Å². The van der Waals surface area contributed by atoms with Gasteiger partial charge in [0.25, 0.3) is 0 Å². The van der Waals surface area contributed by atoms with E-state index in [2.05, 4.69) is 9.88 Å². The SMILES string of the molecule is CCCS(=O)(=O)N1CCN(c2cn3ccccc3n2)CC1. The summed E-state index contributed by atoms with van der Waals surface area (Å²) in [6.07, 6.45) is 4.62. The van der Waals surface area contributed by atoms with Crippen molar-refractivity contribution in [2.24, 2.45) is 0 Å². The van der Waals surface area contributed by atoms with Crippen LogP contribution < -0.4 is 4.90 Å². The molecule has 0 saturated carbocycles. The summed E-state index contributed by atoms with van der Waals surface area (Å²) in [4.78, 5) is 6.72. The normalized spacial score (nSPS) is 17.5. The minimum Gasteiger partial charge on any atom is -0.353 e. The molecule has 1 aliphatic rings. The topological polar surface area (TPSA) is 57.9 Å². The van der Waals surface area contributed by atoms with Crippen LogP contribution in [0.5, 0.6) is 0 Å². The fourth-order valence-electron chi connectivity index (χ4n) is 2.66. The predicted molar refractivity (Wildman–Crippen MR) is 83.1 cm³/mol. The fourth-order valence-corrected chi connectivity index (χ4v) is 4.15. The van der Waals surface area contributed by atoms with Crippen molar-refractivity contribution in [2.75, 3.05) is 36.8 Å². The second-order valence-electron chi connectivity index (χ2n) is 5.27. The summed E-state index contributed by atoms with van der Waals surface area (Å²) in [6, 6.07) is 5.89. The minimum atomic E-state index is -3.08. The molecular formula is C14H20N4O2S. The smallest absolute Gasteiger partial charge is 0.214 e. The highest BCUT2D eigenvalue weighted by molar-refractivity contribution is 7.89. The van der Waals surface area contributed by atoms with Crippen LogP contribution in [0.4, 0.5) is 5.82 Å². The van der Waals surface area contributed by atoms with Crippen LogP contribution >= 0.6 is 0 Å². The van der Waals surface area contributed by atoms with E-state index in [1.807, 2.05) is 41.9 Å². The quantitative estimate of drug-likeness (QED) is 0.851. The number of imidazole rings is 1. The van der Waals surface area contributed by atoms with Gasteiger partial charge in [0, 0.05) is 32.4 Å². The molecule has 1 fully saturated rings. The Morgan fingerprint density at radius 2 is 1.95 bits per heavy atom. The number of hydrogen-bond acceptors (Lipinski definition) is 4. The molecule has 0 radical (unpaired) electrons. The van der Waals surface area contributed by atoms with E-state index in [0.29, 0.717) is 32.6 Å². The van der Waals surface area contributed by atoms with E-state index in [4.69, 9.17) is 0 Å². The monoisotopic (exact) mass is 308 g/mol. The molecule has 0 unspecified atom stereocenters. The van der Waals surface area contributed by atoms with E-state index in [-0.39, 0.29) is 5.75 Å². The van der Waals surface area contributed by atoms with Crippen LogP contribution in [0.3, 0.4) is 0 Å². The molecule has 21 heavy (non-hydrogen) atoms. The van der Waals surface area contributed by atoms with E-state index >= 15 is 0 Å². The number of hydrogen-bond donors (Lipinski definition) is 0. The summed E-state index contributed by atoms with van der Waals surface area (Å²) in [5.74, 6) is 1.15. The average molecular weight is 308 g/mol. The van der Waals surface area contributed by atoms with E-state index in [1.54, 1.807) is 4.31 Å². The Bertz CT molecular complexity index is 684. The lowest BCUT2D eigenvalue weighted by Gasteiger charge is -2.34. The van der Waals surface area contributed by atoms with Crippen molar-refractivity contribution in [1.82, 2.24) is 13.7 Å². The van der Waals surface area contributed by atoms with Gasteiger partial charge in [-0.3, -0.25) is 0 Å². The third-order valence-corrected chi connectivity index (χ3v) is 5.85. The zero-order valence-corrected chi connectivity index (χ0v) is 13.0. The van der Waals surface area contributed by atoms with Crippen LogP contribution in [-0.2, 0) is 10.0 Å². The van der Waals surface area contributed by atoms with Crippen molar-refractivity contribution in [3.8, 4) is 0 Å². The van der Waals surface area contributed by atoms with Gasteiger partial charge in [-0.1, -0.05) is 13.0 Å². The molecule has 0 spiro atoms. The predicted octanol–water partition coefficient (Wildman–Crippen LogP) is 1.20. The number of sulfonamides is 1. The summed E-state index contributed by atoms with van der Waals surface area (Å²) in [5, 5.41) is 0. The molecule has 7 heteroatoms. The molecule has 2 aromatic heterocycles. The number of fused-ring (bicyclic) bond motifs is 1. The zero-order chi connectivity index (χ0) is 14.9. The first-order valence-corrected chi connectivity index (χ1v) is 8.87. The molecule has 6 nitrogen and oxygen atoms in total. The Hall–Kier alpha value is -1.60. The molecule has 114 valence electrons. The molecular weight excluding hydrogens is 288 g/mol. The summed E-state index contributed by atoms with van der Waals surface area (Å²) in [7, 11) is -3.08. The van der Waals surface area contributed by atoms with Gasteiger partial charge in [-0.05, 0) is 18.6 Å². The molecule has 2 aromatic rings. The molecule has 1 saturated heterocycles. The Morgan fingerprint density at radius 3 is 2.62 bits per heavy atom. The Morgan fingerprint density at radius 1 is 1.19 bits per heavy atom. The molecule has 0 atom stereocenters. The molecule has 1 aliphatic heterocycles. The number of pyridine rings is 1. The lowest BCUT2D eigenvalue weighted by molar-refractivity contribution is 0.384. The van der Waals surface area contributed by atoms with Crippen molar-refractivity contribution in [3.05, 3.63) is 30.6 Å². The molecule has 0 amide bonds. The van der Waals surface area contributed by atoms with Crippen LogP contribution in [0, 0.1) is 0 Å². The average Bonchev–Trinajstić information content (AvgIpc) is 2.91. The van der Waals surface area contributed by atoms with Crippen LogP contribution in [0.2, 0.25) is 0 Å². The van der Waals surface area contributed by atoms with Gasteiger partial charge in [-0.2, -0.15) is 4.31 Å². The number of rotatable bonds is 4. The Balaban J connectivity index is 1.71. The van der Waals surface area contributed by atoms with E-state index in [1.165, 1.54) is 0 Å². The van der Waals surface area contributed by atoms with Gasteiger partial charge < -0.3 is 9.30 Å². The number of nitrogens with zero attached hydrogens (tertiary/aromatic N) is 4. The summed E-state index contributed by atoms with van der Waals surface area (Å²) in [5.41, 5.74) is 0.911. The van der Waals surface area contributed by atoms with Crippen molar-refractivity contribution < 1.29 is 8.42 Å². The van der Waals surface area contributed by atoms with Crippen molar-refractivity contribution in [1.29, 1.82) is 0 Å². The first-order chi connectivity index (χ1) is 10.1. The molecule has 0 aliphatic carbocycles. The van der Waals surface area contributed by atoms with Crippen LogP contribution in [-0.4, -0.2) is 54.0 Å². The third-order valence-electron chi connectivity index (χ3n) is 3.77. The summed E-state index contributed by atoms with van der Waals surface area (Å²) < 4.78 is 27.7. The van der Waals surface area contributed by atoms with Gasteiger partial charge in [0.1, 0.15) is 11.5 Å². The second kappa shape index (κ2) is 5.65. The zero-order valence-electron chi connectivity index (χ0n) is 12.1. The lowest BCUT2D eigenvalue weighted by Crippen LogP contribution is -2.49. The van der Waals surface area contributed by atoms with Gasteiger partial charge in [-0.15, -0.1) is 0 Å². The molecule has 0 N–H and O–H groups in total. The van der Waals surface area contributed by atoms with Gasteiger partial charge in [0.05, 0.1) is 11.9 Å². The maximum atomic E-state index is 12.1. The fraction of sp³-hybridized carbons (Fsp3) is 0.500. The van der Waals surface area contributed by atoms with E-state index in [0.717, 1.165) is 11.5 Å². The standard InChI is InChI=1S/C14H20N4O2S/c1-2-11-21(19,20)18-9-7-16(8-10-18)14-12-17-6-4-3-5-13(17)15-14/h3-6,12H,2,7-11H2,1H3. The van der Waals surface area contributed by atoms with Crippen LogP contribution in [0.1, 0.15) is 13.3 Å². The van der Waals surface area contributed by atoms with Gasteiger partial charge >= 0.3 is 0 Å². The van der Waals surface area contributed by atoms with Crippen molar-refractivity contribution in [3.63, 3.8) is 0 Å². The van der Waals surface area contributed by atoms with E-state index < -0.39 is 10.0 Å². The summed E-state index contributed by atoms with van der Waals surface area (Å²) in [6.45, 7) is 4.34. The number of piperazine rings is 1. The molecule has 3 heterocycles. The highest BCUT2D eigenvalue weighted by atomic mass is 32.2. The Labute approximate surface area is 125 Å². The molecule has 0 bridgehead atoms. The highest BCUT2D eigenvalue weighted by Gasteiger charge is 2.26. The van der Waals surface area contributed by atoms with Gasteiger partial charge in [0.2, 0.25) is 10.0 Å². The van der Waals surface area contributed by atoms with Crippen molar-refractivity contribution >= 4 is 21.5 Å². The van der Waals surface area contributed by atoms with E-state index in [9.17, 15) is 8.42 Å².